The third kappa shape index (κ3) is 4.43. The summed E-state index contributed by atoms with van der Waals surface area (Å²) in [4.78, 5) is 24.2. The molecule has 3 nitrogen and oxygen atoms in total. The van der Waals surface area contributed by atoms with Crippen LogP contribution in [-0.2, 0) is 4.79 Å². The van der Waals surface area contributed by atoms with Gasteiger partial charge in [-0.25, -0.2) is 4.39 Å². The minimum Gasteiger partial charge on any atom is -0.326 e. The molecule has 2 aromatic carbocycles. The molecule has 22 heavy (non-hydrogen) atoms. The van der Waals surface area contributed by atoms with Gasteiger partial charge in [0.05, 0.1) is 5.25 Å². The first kappa shape index (κ1) is 16.2. The highest BCUT2D eigenvalue weighted by Crippen LogP contribution is 2.27. The number of carbonyl (C=O) groups is 2. The molecule has 5 heteroatoms. The number of Topliss-reactive ketones (excluding diaryl/α,β-unsaturated/α-hetero) is 1. The van der Waals surface area contributed by atoms with Crippen molar-refractivity contribution in [2.24, 2.45) is 0 Å². The van der Waals surface area contributed by atoms with E-state index >= 15 is 0 Å². The molecule has 0 bridgehead atoms. The first-order chi connectivity index (χ1) is 10.5. The number of amides is 1. The van der Waals surface area contributed by atoms with E-state index in [1.165, 1.54) is 43.0 Å². The van der Waals surface area contributed by atoms with Gasteiger partial charge in [-0.15, -0.1) is 11.8 Å². The fourth-order valence-electron chi connectivity index (χ4n) is 1.93. The average molecular weight is 317 g/mol. The molecule has 0 saturated carbocycles. The SMILES string of the molecule is CC(=O)Nc1ccc(S[C@H](C)C(=O)c2ccc(F)cc2)cc1. The predicted octanol–water partition coefficient (Wildman–Crippen LogP) is 4.15. The van der Waals surface area contributed by atoms with E-state index in [1.807, 2.05) is 19.1 Å². The average Bonchev–Trinajstić information content (AvgIpc) is 2.49. The van der Waals surface area contributed by atoms with Gasteiger partial charge in [-0.3, -0.25) is 9.59 Å². The highest BCUT2D eigenvalue weighted by atomic mass is 32.2. The summed E-state index contributed by atoms with van der Waals surface area (Å²) in [6, 6.07) is 12.8. The van der Waals surface area contributed by atoms with Crippen molar-refractivity contribution >= 4 is 29.1 Å². The second-order valence-electron chi connectivity index (χ2n) is 4.84. The summed E-state index contributed by atoms with van der Waals surface area (Å²) in [5.74, 6) is -0.526. The molecule has 0 unspecified atom stereocenters. The zero-order chi connectivity index (χ0) is 16.1. The van der Waals surface area contributed by atoms with Crippen LogP contribution in [0, 0.1) is 5.82 Å². The molecular formula is C17H16FNO2S. The van der Waals surface area contributed by atoms with Crippen molar-refractivity contribution in [3.05, 3.63) is 59.9 Å². The van der Waals surface area contributed by atoms with E-state index in [0.717, 1.165) is 10.6 Å². The number of ketones is 1. The van der Waals surface area contributed by atoms with Crippen LogP contribution in [0.5, 0.6) is 0 Å². The van der Waals surface area contributed by atoms with Crippen molar-refractivity contribution in [2.45, 2.75) is 24.0 Å². The van der Waals surface area contributed by atoms with Gasteiger partial charge in [-0.05, 0) is 55.5 Å². The van der Waals surface area contributed by atoms with Gasteiger partial charge < -0.3 is 5.32 Å². The van der Waals surface area contributed by atoms with Crippen molar-refractivity contribution in [2.75, 3.05) is 5.32 Å². The predicted molar refractivity (Wildman–Crippen MR) is 86.8 cm³/mol. The summed E-state index contributed by atoms with van der Waals surface area (Å²) in [6.07, 6.45) is 0. The molecule has 0 aliphatic carbocycles. The quantitative estimate of drug-likeness (QED) is 0.665. The minimum atomic E-state index is -0.356. The Balaban J connectivity index is 2.01. The van der Waals surface area contributed by atoms with E-state index in [-0.39, 0.29) is 22.8 Å². The van der Waals surface area contributed by atoms with Gasteiger partial charge in [0.25, 0.3) is 0 Å². The number of carbonyl (C=O) groups excluding carboxylic acids is 2. The second kappa shape index (κ2) is 7.22. The van der Waals surface area contributed by atoms with Crippen LogP contribution < -0.4 is 5.32 Å². The Bertz CT molecular complexity index is 668. The Morgan fingerprint density at radius 1 is 1.05 bits per heavy atom. The Morgan fingerprint density at radius 2 is 1.64 bits per heavy atom. The molecule has 1 N–H and O–H groups in total. The standard InChI is InChI=1S/C17H16FNO2S/c1-11(17(21)13-3-5-14(18)6-4-13)22-16-9-7-15(8-10-16)19-12(2)20/h3-11H,1-2H3,(H,19,20)/t11-/m1/s1. The summed E-state index contributed by atoms with van der Waals surface area (Å²) in [6.45, 7) is 3.27. The number of rotatable bonds is 5. The number of nitrogens with one attached hydrogen (secondary N) is 1. The molecule has 0 radical (unpaired) electrons. The number of halogens is 1. The van der Waals surface area contributed by atoms with Crippen molar-refractivity contribution in [1.29, 1.82) is 0 Å². The minimum absolute atomic E-state index is 0.0454. The van der Waals surface area contributed by atoms with Gasteiger partial charge in [0.2, 0.25) is 5.91 Å². The van der Waals surface area contributed by atoms with Gasteiger partial charge in [0.15, 0.2) is 5.78 Å². The van der Waals surface area contributed by atoms with Crippen LogP contribution in [0.15, 0.2) is 53.4 Å². The summed E-state index contributed by atoms with van der Waals surface area (Å²) < 4.78 is 12.9. The van der Waals surface area contributed by atoms with E-state index in [1.54, 1.807) is 12.1 Å². The smallest absolute Gasteiger partial charge is 0.221 e. The summed E-state index contributed by atoms with van der Waals surface area (Å²) in [5, 5.41) is 2.41. The van der Waals surface area contributed by atoms with Crippen molar-refractivity contribution in [3.8, 4) is 0 Å². The molecule has 0 aliphatic heterocycles. The maximum absolute atomic E-state index is 12.9. The topological polar surface area (TPSA) is 46.2 Å². The summed E-state index contributed by atoms with van der Waals surface area (Å²) in [5.41, 5.74) is 1.21. The van der Waals surface area contributed by atoms with Gasteiger partial charge in [-0.1, -0.05) is 0 Å². The fourth-order valence-corrected chi connectivity index (χ4v) is 2.87. The van der Waals surface area contributed by atoms with E-state index in [0.29, 0.717) is 5.56 Å². The van der Waals surface area contributed by atoms with Crippen LogP contribution in [0.1, 0.15) is 24.2 Å². The number of hydrogen-bond acceptors (Lipinski definition) is 3. The van der Waals surface area contributed by atoms with Crippen LogP contribution in [0.2, 0.25) is 0 Å². The second-order valence-corrected chi connectivity index (χ2v) is 6.25. The Kier molecular flexibility index (Phi) is 5.33. The van der Waals surface area contributed by atoms with Crippen molar-refractivity contribution in [1.82, 2.24) is 0 Å². The Hall–Kier alpha value is -2.14. The Labute approximate surface area is 132 Å². The highest BCUT2D eigenvalue weighted by Gasteiger charge is 2.16. The fraction of sp³-hybridized carbons (Fsp3) is 0.176. The normalized spacial score (nSPS) is 11.8. The first-order valence-corrected chi connectivity index (χ1v) is 7.68. The third-order valence-electron chi connectivity index (χ3n) is 2.99. The molecule has 0 heterocycles. The molecule has 114 valence electrons. The van der Waals surface area contributed by atoms with Crippen LogP contribution in [0.4, 0.5) is 10.1 Å². The molecule has 1 amide bonds. The molecule has 2 aromatic rings. The highest BCUT2D eigenvalue weighted by molar-refractivity contribution is 8.00. The van der Waals surface area contributed by atoms with Gasteiger partial charge in [0.1, 0.15) is 5.82 Å². The van der Waals surface area contributed by atoms with E-state index < -0.39 is 0 Å². The first-order valence-electron chi connectivity index (χ1n) is 6.80. The largest absolute Gasteiger partial charge is 0.326 e. The van der Waals surface area contributed by atoms with Crippen LogP contribution >= 0.6 is 11.8 Å². The van der Waals surface area contributed by atoms with E-state index in [4.69, 9.17) is 0 Å². The molecular weight excluding hydrogens is 301 g/mol. The van der Waals surface area contributed by atoms with Crippen LogP contribution in [0.25, 0.3) is 0 Å². The van der Waals surface area contributed by atoms with Crippen LogP contribution in [-0.4, -0.2) is 16.9 Å². The monoisotopic (exact) mass is 317 g/mol. The lowest BCUT2D eigenvalue weighted by molar-refractivity contribution is -0.114. The van der Waals surface area contributed by atoms with Gasteiger partial charge in [-0.2, -0.15) is 0 Å². The molecule has 2 rings (SSSR count). The third-order valence-corrected chi connectivity index (χ3v) is 4.10. The lowest BCUT2D eigenvalue weighted by atomic mass is 10.1. The Morgan fingerprint density at radius 3 is 2.18 bits per heavy atom. The van der Waals surface area contributed by atoms with E-state index in [2.05, 4.69) is 5.32 Å². The molecule has 0 saturated heterocycles. The lowest BCUT2D eigenvalue weighted by Gasteiger charge is -2.11. The number of thioether (sulfide) groups is 1. The molecule has 0 spiro atoms. The van der Waals surface area contributed by atoms with Gasteiger partial charge >= 0.3 is 0 Å². The van der Waals surface area contributed by atoms with Crippen LogP contribution in [0.3, 0.4) is 0 Å². The number of hydrogen-bond donors (Lipinski definition) is 1. The maximum Gasteiger partial charge on any atom is 0.221 e. The van der Waals surface area contributed by atoms with E-state index in [9.17, 15) is 14.0 Å². The number of benzene rings is 2. The summed E-state index contributed by atoms with van der Waals surface area (Å²) >= 11 is 1.42. The summed E-state index contributed by atoms with van der Waals surface area (Å²) in [7, 11) is 0. The lowest BCUT2D eigenvalue weighted by Crippen LogP contribution is -2.13. The van der Waals surface area contributed by atoms with Gasteiger partial charge in [0, 0.05) is 23.1 Å². The maximum atomic E-state index is 12.9. The molecule has 0 aliphatic rings. The molecule has 0 aromatic heterocycles. The van der Waals surface area contributed by atoms with Crippen molar-refractivity contribution in [3.63, 3.8) is 0 Å². The molecule has 0 fully saturated rings. The zero-order valence-electron chi connectivity index (χ0n) is 12.3. The zero-order valence-corrected chi connectivity index (χ0v) is 13.1. The number of anilines is 1. The van der Waals surface area contributed by atoms with Crippen molar-refractivity contribution < 1.29 is 14.0 Å². The molecule has 1 atom stereocenters.